The summed E-state index contributed by atoms with van der Waals surface area (Å²) >= 11 is 0. The third-order valence-corrected chi connectivity index (χ3v) is 2.00. The zero-order valence-electron chi connectivity index (χ0n) is 7.16. The van der Waals surface area contributed by atoms with E-state index in [1.165, 1.54) is 0 Å². The fourth-order valence-electron chi connectivity index (χ4n) is 1.10. The van der Waals surface area contributed by atoms with Crippen molar-refractivity contribution in [2.45, 2.75) is 18.9 Å². The van der Waals surface area contributed by atoms with Crippen LogP contribution in [0.5, 0.6) is 0 Å². The van der Waals surface area contributed by atoms with E-state index in [1.807, 2.05) is 0 Å². The summed E-state index contributed by atoms with van der Waals surface area (Å²) in [6.07, 6.45) is 3.72. The van der Waals surface area contributed by atoms with E-state index in [0.717, 1.165) is 12.8 Å². The molecular formula is C9H11N3O. The zero-order chi connectivity index (χ0) is 9.26. The summed E-state index contributed by atoms with van der Waals surface area (Å²) in [5, 5.41) is 2.85. The molecule has 1 aromatic heterocycles. The second-order valence-corrected chi connectivity index (χ2v) is 3.18. The number of nitrogen functional groups attached to an aromatic ring is 1. The third-order valence-electron chi connectivity index (χ3n) is 2.00. The van der Waals surface area contributed by atoms with Crippen molar-refractivity contribution in [3.8, 4) is 0 Å². The van der Waals surface area contributed by atoms with Gasteiger partial charge in [0.05, 0.1) is 5.56 Å². The molecule has 0 saturated heterocycles. The summed E-state index contributed by atoms with van der Waals surface area (Å²) in [6, 6.07) is 3.74. The molecule has 0 bridgehead atoms. The fraction of sp³-hybridized carbons (Fsp3) is 0.333. The van der Waals surface area contributed by atoms with Gasteiger partial charge in [-0.15, -0.1) is 0 Å². The van der Waals surface area contributed by atoms with Gasteiger partial charge < -0.3 is 11.1 Å². The van der Waals surface area contributed by atoms with Crippen LogP contribution in [-0.4, -0.2) is 16.9 Å². The molecule has 1 fully saturated rings. The molecule has 0 unspecified atom stereocenters. The molecule has 1 heterocycles. The van der Waals surface area contributed by atoms with E-state index < -0.39 is 0 Å². The highest BCUT2D eigenvalue weighted by Gasteiger charge is 2.24. The van der Waals surface area contributed by atoms with Crippen molar-refractivity contribution in [3.05, 3.63) is 23.9 Å². The van der Waals surface area contributed by atoms with Gasteiger partial charge in [0.15, 0.2) is 0 Å². The summed E-state index contributed by atoms with van der Waals surface area (Å²) in [5.74, 6) is 0.175. The molecule has 2 rings (SSSR count). The molecule has 3 N–H and O–H groups in total. The first kappa shape index (κ1) is 8.04. The van der Waals surface area contributed by atoms with Crippen LogP contribution in [0.25, 0.3) is 0 Å². The maximum absolute atomic E-state index is 11.5. The van der Waals surface area contributed by atoms with Gasteiger partial charge in [0, 0.05) is 12.2 Å². The Hall–Kier alpha value is -1.58. The number of nitrogens with one attached hydrogen (secondary N) is 1. The minimum Gasteiger partial charge on any atom is -0.383 e. The smallest absolute Gasteiger partial charge is 0.255 e. The van der Waals surface area contributed by atoms with E-state index in [4.69, 9.17) is 5.73 Å². The van der Waals surface area contributed by atoms with Gasteiger partial charge in [-0.25, -0.2) is 4.98 Å². The molecule has 0 aliphatic heterocycles. The molecule has 1 aliphatic carbocycles. The van der Waals surface area contributed by atoms with E-state index in [-0.39, 0.29) is 5.91 Å². The molecule has 4 nitrogen and oxygen atoms in total. The van der Waals surface area contributed by atoms with Crippen LogP contribution in [0.4, 0.5) is 5.82 Å². The fourth-order valence-corrected chi connectivity index (χ4v) is 1.10. The number of nitrogens with two attached hydrogens (primary N) is 1. The number of aromatic nitrogens is 1. The Morgan fingerprint density at radius 2 is 2.38 bits per heavy atom. The number of carbonyl (C=O) groups is 1. The largest absolute Gasteiger partial charge is 0.383 e. The predicted molar refractivity (Wildman–Crippen MR) is 49.1 cm³/mol. The van der Waals surface area contributed by atoms with Crippen molar-refractivity contribution in [1.29, 1.82) is 0 Å². The minimum atomic E-state index is -0.117. The highest BCUT2D eigenvalue weighted by atomic mass is 16.1. The van der Waals surface area contributed by atoms with E-state index in [9.17, 15) is 4.79 Å². The Balaban J connectivity index is 2.13. The van der Waals surface area contributed by atoms with Crippen molar-refractivity contribution in [2.24, 2.45) is 0 Å². The molecule has 13 heavy (non-hydrogen) atoms. The van der Waals surface area contributed by atoms with Crippen LogP contribution in [-0.2, 0) is 0 Å². The van der Waals surface area contributed by atoms with Gasteiger partial charge >= 0.3 is 0 Å². The van der Waals surface area contributed by atoms with Crippen LogP contribution < -0.4 is 11.1 Å². The molecule has 1 saturated carbocycles. The Morgan fingerprint density at radius 1 is 1.62 bits per heavy atom. The van der Waals surface area contributed by atoms with Gasteiger partial charge in [0.1, 0.15) is 5.82 Å². The lowest BCUT2D eigenvalue weighted by Crippen LogP contribution is -2.26. The van der Waals surface area contributed by atoms with Gasteiger partial charge in [0.2, 0.25) is 0 Å². The number of anilines is 1. The van der Waals surface area contributed by atoms with Crippen molar-refractivity contribution < 1.29 is 4.79 Å². The van der Waals surface area contributed by atoms with Gasteiger partial charge in [-0.05, 0) is 25.0 Å². The van der Waals surface area contributed by atoms with Gasteiger partial charge in [-0.3, -0.25) is 4.79 Å². The third kappa shape index (κ3) is 1.77. The van der Waals surface area contributed by atoms with E-state index >= 15 is 0 Å². The standard InChI is InChI=1S/C9H11N3O/c10-8-7(2-1-5-11-8)9(13)12-6-3-4-6/h1-2,5-6H,3-4H2,(H2,10,11)(H,12,13). The van der Waals surface area contributed by atoms with Crippen LogP contribution in [0.1, 0.15) is 23.2 Å². The van der Waals surface area contributed by atoms with E-state index in [0.29, 0.717) is 17.4 Å². The Morgan fingerprint density at radius 3 is 3.00 bits per heavy atom. The lowest BCUT2D eigenvalue weighted by Gasteiger charge is -2.04. The summed E-state index contributed by atoms with van der Waals surface area (Å²) in [6.45, 7) is 0. The lowest BCUT2D eigenvalue weighted by molar-refractivity contribution is 0.0951. The number of hydrogen-bond acceptors (Lipinski definition) is 3. The normalized spacial score (nSPS) is 15.4. The van der Waals surface area contributed by atoms with Crippen molar-refractivity contribution in [1.82, 2.24) is 10.3 Å². The topological polar surface area (TPSA) is 68.0 Å². The molecule has 0 radical (unpaired) electrons. The van der Waals surface area contributed by atoms with E-state index in [1.54, 1.807) is 18.3 Å². The number of hydrogen-bond donors (Lipinski definition) is 2. The van der Waals surface area contributed by atoms with Crippen LogP contribution in [0.2, 0.25) is 0 Å². The number of rotatable bonds is 2. The maximum atomic E-state index is 11.5. The Bertz CT molecular complexity index is 333. The molecule has 1 amide bonds. The molecule has 4 heteroatoms. The molecule has 68 valence electrons. The second-order valence-electron chi connectivity index (χ2n) is 3.18. The minimum absolute atomic E-state index is 0.117. The van der Waals surface area contributed by atoms with Crippen molar-refractivity contribution in [2.75, 3.05) is 5.73 Å². The summed E-state index contributed by atoms with van der Waals surface area (Å²) < 4.78 is 0. The average molecular weight is 177 g/mol. The zero-order valence-corrected chi connectivity index (χ0v) is 7.16. The predicted octanol–water partition coefficient (Wildman–Crippen LogP) is 0.556. The first-order valence-corrected chi connectivity index (χ1v) is 4.29. The first-order chi connectivity index (χ1) is 6.27. The number of pyridine rings is 1. The van der Waals surface area contributed by atoms with Crippen LogP contribution >= 0.6 is 0 Å². The monoisotopic (exact) mass is 177 g/mol. The molecule has 1 aliphatic rings. The summed E-state index contributed by atoms with van der Waals surface area (Å²) in [7, 11) is 0. The first-order valence-electron chi connectivity index (χ1n) is 4.29. The number of amides is 1. The Kier molecular flexibility index (Phi) is 1.88. The van der Waals surface area contributed by atoms with Crippen molar-refractivity contribution in [3.63, 3.8) is 0 Å². The number of carbonyl (C=O) groups excluding carboxylic acids is 1. The van der Waals surface area contributed by atoms with Crippen LogP contribution in [0.3, 0.4) is 0 Å². The van der Waals surface area contributed by atoms with Crippen LogP contribution in [0.15, 0.2) is 18.3 Å². The highest BCUT2D eigenvalue weighted by molar-refractivity contribution is 5.98. The lowest BCUT2D eigenvalue weighted by atomic mass is 10.2. The number of nitrogens with zero attached hydrogens (tertiary/aromatic N) is 1. The Labute approximate surface area is 76.2 Å². The molecule has 0 aromatic carbocycles. The maximum Gasteiger partial charge on any atom is 0.255 e. The van der Waals surface area contributed by atoms with Gasteiger partial charge in [0.25, 0.3) is 5.91 Å². The molecular weight excluding hydrogens is 166 g/mol. The van der Waals surface area contributed by atoms with Gasteiger partial charge in [-0.2, -0.15) is 0 Å². The highest BCUT2D eigenvalue weighted by Crippen LogP contribution is 2.19. The molecule has 0 atom stereocenters. The van der Waals surface area contributed by atoms with Gasteiger partial charge in [-0.1, -0.05) is 0 Å². The van der Waals surface area contributed by atoms with E-state index in [2.05, 4.69) is 10.3 Å². The molecule has 1 aromatic rings. The summed E-state index contributed by atoms with van der Waals surface area (Å²) in [4.78, 5) is 15.3. The van der Waals surface area contributed by atoms with Crippen molar-refractivity contribution >= 4 is 11.7 Å². The second kappa shape index (κ2) is 3.05. The summed E-state index contributed by atoms with van der Waals surface area (Å²) in [5.41, 5.74) is 6.01. The quantitative estimate of drug-likeness (QED) is 0.693. The SMILES string of the molecule is Nc1ncccc1C(=O)NC1CC1. The average Bonchev–Trinajstić information content (AvgIpc) is 2.89. The van der Waals surface area contributed by atoms with Crippen LogP contribution in [0, 0.1) is 0 Å². The molecule has 0 spiro atoms.